The zero-order chi connectivity index (χ0) is 20.1. The van der Waals surface area contributed by atoms with Crippen LogP contribution in [-0.2, 0) is 11.2 Å². The van der Waals surface area contributed by atoms with Crippen LogP contribution in [0.25, 0.3) is 11.6 Å². The molecule has 0 bridgehead atoms. The van der Waals surface area contributed by atoms with E-state index in [2.05, 4.69) is 39.7 Å². The van der Waals surface area contributed by atoms with E-state index in [1.54, 1.807) is 6.26 Å². The predicted octanol–water partition coefficient (Wildman–Crippen LogP) is 3.52. The Bertz CT molecular complexity index is 800. The summed E-state index contributed by atoms with van der Waals surface area (Å²) in [5.74, 6) is 2.94. The van der Waals surface area contributed by atoms with Gasteiger partial charge in [0.05, 0.1) is 12.4 Å². The molecule has 0 aromatic carbocycles. The maximum Gasteiger partial charge on any atom is 0.216 e. The van der Waals surface area contributed by atoms with E-state index in [9.17, 15) is 0 Å². The van der Waals surface area contributed by atoms with E-state index in [-0.39, 0.29) is 29.4 Å². The molecule has 8 nitrogen and oxygen atoms in total. The molecule has 2 saturated carbocycles. The molecule has 0 aliphatic heterocycles. The second kappa shape index (κ2) is 10.6. The summed E-state index contributed by atoms with van der Waals surface area (Å²) < 4.78 is 11.4. The lowest BCUT2D eigenvalue weighted by Crippen LogP contribution is -2.65. The maximum atomic E-state index is 6.03. The Kier molecular flexibility index (Phi) is 8.15. The van der Waals surface area contributed by atoms with E-state index >= 15 is 0 Å². The van der Waals surface area contributed by atoms with Crippen molar-refractivity contribution < 1.29 is 9.15 Å². The van der Waals surface area contributed by atoms with Crippen LogP contribution in [0.2, 0.25) is 0 Å². The minimum absolute atomic E-state index is 0. The molecule has 2 unspecified atom stereocenters. The second-order valence-electron chi connectivity index (χ2n) is 7.91. The number of aliphatic imine (C=N–C) groups is 1. The number of rotatable bonds is 8. The van der Waals surface area contributed by atoms with Gasteiger partial charge in [-0.25, -0.2) is 4.98 Å². The summed E-state index contributed by atoms with van der Waals surface area (Å²) in [5.41, 5.74) is 0.287. The number of nitrogens with one attached hydrogen (secondary N) is 3. The molecular formula is C21H33IN6O2. The average Bonchev–Trinajstić information content (AvgIpc) is 3.48. The average molecular weight is 528 g/mol. The second-order valence-corrected chi connectivity index (χ2v) is 7.91. The van der Waals surface area contributed by atoms with Crippen molar-refractivity contribution in [2.24, 2.45) is 10.4 Å². The van der Waals surface area contributed by atoms with Crippen LogP contribution < -0.4 is 10.6 Å². The highest BCUT2D eigenvalue weighted by Crippen LogP contribution is 2.54. The quantitative estimate of drug-likeness (QED) is 0.276. The largest absolute Gasteiger partial charge is 0.461 e. The van der Waals surface area contributed by atoms with Crippen LogP contribution in [0.1, 0.15) is 51.8 Å². The number of guanidine groups is 1. The minimum atomic E-state index is 0. The zero-order valence-corrected chi connectivity index (χ0v) is 20.1. The van der Waals surface area contributed by atoms with Gasteiger partial charge in [0, 0.05) is 37.6 Å². The number of ether oxygens (including phenoxy) is 1. The van der Waals surface area contributed by atoms with Crippen molar-refractivity contribution in [3.05, 3.63) is 24.2 Å². The fourth-order valence-electron chi connectivity index (χ4n) is 4.77. The molecule has 0 saturated heterocycles. The van der Waals surface area contributed by atoms with E-state index in [4.69, 9.17) is 14.1 Å². The summed E-state index contributed by atoms with van der Waals surface area (Å²) in [6.45, 7) is 6.46. The van der Waals surface area contributed by atoms with Gasteiger partial charge in [-0.3, -0.25) is 10.1 Å². The van der Waals surface area contributed by atoms with Crippen molar-refractivity contribution in [2.75, 3.05) is 19.7 Å². The lowest BCUT2D eigenvalue weighted by molar-refractivity contribution is -0.125. The molecular weight excluding hydrogens is 495 g/mol. The van der Waals surface area contributed by atoms with E-state index in [1.165, 1.54) is 25.7 Å². The van der Waals surface area contributed by atoms with Crippen LogP contribution in [0, 0.1) is 5.41 Å². The highest BCUT2D eigenvalue weighted by molar-refractivity contribution is 14.0. The molecule has 2 aromatic heterocycles. The van der Waals surface area contributed by atoms with Crippen molar-refractivity contribution in [3.63, 3.8) is 0 Å². The molecule has 9 heteroatoms. The Morgan fingerprint density at radius 1 is 1.37 bits per heavy atom. The van der Waals surface area contributed by atoms with Gasteiger partial charge < -0.3 is 19.8 Å². The van der Waals surface area contributed by atoms with Gasteiger partial charge in [0.15, 0.2) is 11.7 Å². The number of halogens is 1. The van der Waals surface area contributed by atoms with Crippen LogP contribution in [0.4, 0.5) is 0 Å². The highest BCUT2D eigenvalue weighted by Gasteiger charge is 2.56. The van der Waals surface area contributed by atoms with Crippen LogP contribution in [-0.4, -0.2) is 53.0 Å². The van der Waals surface area contributed by atoms with Gasteiger partial charge in [-0.15, -0.1) is 24.0 Å². The summed E-state index contributed by atoms with van der Waals surface area (Å²) in [5, 5.41) is 14.3. The Morgan fingerprint density at radius 2 is 2.20 bits per heavy atom. The first-order valence-corrected chi connectivity index (χ1v) is 10.9. The molecule has 1 spiro atoms. The van der Waals surface area contributed by atoms with E-state index in [0.29, 0.717) is 36.7 Å². The Hall–Kier alpha value is -1.62. The molecule has 4 rings (SSSR count). The molecule has 0 radical (unpaired) electrons. The number of furan rings is 1. The molecule has 2 heterocycles. The third kappa shape index (κ3) is 4.82. The molecule has 166 valence electrons. The monoisotopic (exact) mass is 528 g/mol. The smallest absolute Gasteiger partial charge is 0.216 e. The molecule has 2 fully saturated rings. The summed E-state index contributed by atoms with van der Waals surface area (Å²) >= 11 is 0. The lowest BCUT2D eigenvalue weighted by Gasteiger charge is -2.54. The first kappa shape index (κ1) is 23.1. The molecule has 2 atom stereocenters. The van der Waals surface area contributed by atoms with Crippen molar-refractivity contribution in [2.45, 2.75) is 64.5 Å². The highest BCUT2D eigenvalue weighted by atomic mass is 127. The molecule has 2 aliphatic rings. The standard InChI is InChI=1S/C21H32N6O2.HI/c1-3-22-20(24-16-14-17(28-4-2)21(16)10-5-6-11-21)23-12-9-18-25-19(27-26-18)15-8-7-13-29-15;/h7-8,13,16-17H,3-6,9-12,14H2,1-2H3,(H2,22,23,24)(H,25,26,27);1H. The van der Waals surface area contributed by atoms with Crippen LogP contribution in [0.5, 0.6) is 0 Å². The molecule has 3 N–H and O–H groups in total. The lowest BCUT2D eigenvalue weighted by atomic mass is 9.60. The number of hydrogen-bond donors (Lipinski definition) is 3. The van der Waals surface area contributed by atoms with Crippen molar-refractivity contribution in [1.29, 1.82) is 0 Å². The van der Waals surface area contributed by atoms with E-state index in [1.807, 2.05) is 12.1 Å². The Morgan fingerprint density at radius 3 is 2.90 bits per heavy atom. The molecule has 2 aromatic rings. The van der Waals surface area contributed by atoms with Crippen molar-refractivity contribution in [3.8, 4) is 11.6 Å². The van der Waals surface area contributed by atoms with Gasteiger partial charge in [0.2, 0.25) is 5.82 Å². The fourth-order valence-corrected chi connectivity index (χ4v) is 4.77. The molecule has 2 aliphatic carbocycles. The maximum absolute atomic E-state index is 6.03. The Balaban J connectivity index is 0.00000256. The van der Waals surface area contributed by atoms with E-state index < -0.39 is 0 Å². The number of nitrogens with zero attached hydrogens (tertiary/aromatic N) is 3. The van der Waals surface area contributed by atoms with Gasteiger partial charge >= 0.3 is 0 Å². The van der Waals surface area contributed by atoms with Gasteiger partial charge in [0.25, 0.3) is 0 Å². The molecule has 30 heavy (non-hydrogen) atoms. The van der Waals surface area contributed by atoms with E-state index in [0.717, 1.165) is 31.4 Å². The third-order valence-corrected chi connectivity index (χ3v) is 6.23. The van der Waals surface area contributed by atoms with Gasteiger partial charge in [-0.1, -0.05) is 12.8 Å². The summed E-state index contributed by atoms with van der Waals surface area (Å²) in [6.07, 6.45) is 8.89. The normalized spacial score (nSPS) is 22.5. The van der Waals surface area contributed by atoms with Gasteiger partial charge in [0.1, 0.15) is 5.82 Å². The third-order valence-electron chi connectivity index (χ3n) is 6.23. The molecule has 0 amide bonds. The summed E-state index contributed by atoms with van der Waals surface area (Å²) in [4.78, 5) is 9.26. The van der Waals surface area contributed by atoms with Crippen molar-refractivity contribution in [1.82, 2.24) is 25.8 Å². The number of H-pyrrole nitrogens is 1. The minimum Gasteiger partial charge on any atom is -0.461 e. The van der Waals surface area contributed by atoms with Gasteiger partial charge in [-0.2, -0.15) is 5.10 Å². The Labute approximate surface area is 195 Å². The first-order chi connectivity index (χ1) is 14.2. The first-order valence-electron chi connectivity index (χ1n) is 10.9. The van der Waals surface area contributed by atoms with Gasteiger partial charge in [-0.05, 0) is 45.2 Å². The summed E-state index contributed by atoms with van der Waals surface area (Å²) in [7, 11) is 0. The topological polar surface area (TPSA) is 100 Å². The predicted molar refractivity (Wildman–Crippen MR) is 127 cm³/mol. The number of hydrogen-bond acceptors (Lipinski definition) is 5. The number of aromatic amines is 1. The van der Waals surface area contributed by atoms with Crippen LogP contribution in [0.15, 0.2) is 27.8 Å². The number of aromatic nitrogens is 3. The zero-order valence-electron chi connectivity index (χ0n) is 17.8. The summed E-state index contributed by atoms with van der Waals surface area (Å²) in [6, 6.07) is 4.12. The van der Waals surface area contributed by atoms with Crippen LogP contribution >= 0.6 is 24.0 Å². The fraction of sp³-hybridized carbons (Fsp3) is 0.667. The van der Waals surface area contributed by atoms with Crippen molar-refractivity contribution >= 4 is 29.9 Å². The SMILES string of the molecule is CCNC(=NCCc1nc(-c2ccco2)n[nH]1)NC1CC(OCC)C12CCCC2.I. The van der Waals surface area contributed by atoms with Crippen LogP contribution in [0.3, 0.4) is 0 Å².